The van der Waals surface area contributed by atoms with E-state index in [2.05, 4.69) is 29.4 Å². The highest BCUT2D eigenvalue weighted by molar-refractivity contribution is 5.78. The highest BCUT2D eigenvalue weighted by atomic mass is 16.1. The standard InChI is InChI=1S/C14H29N3O/c1-4-17(5-2)11-10-16-14(18)12-6-8-13(15-3)9-7-12/h12-13,15H,4-11H2,1-3H3,(H,16,18). The smallest absolute Gasteiger partial charge is 0.223 e. The van der Waals surface area contributed by atoms with E-state index in [0.717, 1.165) is 51.9 Å². The number of hydrogen-bond acceptors (Lipinski definition) is 3. The Kier molecular flexibility index (Phi) is 7.28. The van der Waals surface area contributed by atoms with Gasteiger partial charge in [-0.2, -0.15) is 0 Å². The first kappa shape index (κ1) is 15.4. The number of amides is 1. The van der Waals surface area contributed by atoms with Gasteiger partial charge in [-0.3, -0.25) is 4.79 Å². The molecule has 0 atom stereocenters. The highest BCUT2D eigenvalue weighted by Crippen LogP contribution is 2.24. The molecule has 0 radical (unpaired) electrons. The molecule has 4 heteroatoms. The minimum Gasteiger partial charge on any atom is -0.355 e. The largest absolute Gasteiger partial charge is 0.355 e. The first-order chi connectivity index (χ1) is 8.71. The van der Waals surface area contributed by atoms with Gasteiger partial charge in [-0.1, -0.05) is 13.8 Å². The molecule has 1 aliphatic rings. The summed E-state index contributed by atoms with van der Waals surface area (Å²) in [6.45, 7) is 8.17. The third-order valence-corrected chi connectivity index (χ3v) is 4.13. The second-order valence-corrected chi connectivity index (χ2v) is 5.16. The van der Waals surface area contributed by atoms with E-state index in [1.807, 2.05) is 7.05 Å². The molecule has 0 spiro atoms. The molecule has 1 aliphatic carbocycles. The molecule has 2 N–H and O–H groups in total. The summed E-state index contributed by atoms with van der Waals surface area (Å²) in [5.74, 6) is 0.503. The van der Waals surface area contributed by atoms with Gasteiger partial charge in [-0.15, -0.1) is 0 Å². The molecule has 106 valence electrons. The van der Waals surface area contributed by atoms with E-state index in [4.69, 9.17) is 0 Å². The van der Waals surface area contributed by atoms with E-state index >= 15 is 0 Å². The monoisotopic (exact) mass is 255 g/mol. The van der Waals surface area contributed by atoms with Crippen molar-refractivity contribution in [2.24, 2.45) is 5.92 Å². The summed E-state index contributed by atoms with van der Waals surface area (Å²) in [7, 11) is 2.01. The Labute approximate surface area is 111 Å². The maximum Gasteiger partial charge on any atom is 0.223 e. The molecule has 18 heavy (non-hydrogen) atoms. The van der Waals surface area contributed by atoms with Crippen molar-refractivity contribution in [3.63, 3.8) is 0 Å². The quantitative estimate of drug-likeness (QED) is 0.719. The normalized spacial score (nSPS) is 24.2. The predicted octanol–water partition coefficient (Wildman–Crippen LogP) is 1.22. The molecule has 1 saturated carbocycles. The number of nitrogens with zero attached hydrogens (tertiary/aromatic N) is 1. The lowest BCUT2D eigenvalue weighted by Crippen LogP contribution is -2.40. The zero-order valence-corrected chi connectivity index (χ0v) is 12.2. The molecule has 0 saturated heterocycles. The van der Waals surface area contributed by atoms with Crippen LogP contribution in [0, 0.1) is 5.92 Å². The minimum absolute atomic E-state index is 0.242. The lowest BCUT2D eigenvalue weighted by molar-refractivity contribution is -0.126. The molecule has 1 fully saturated rings. The minimum atomic E-state index is 0.242. The Morgan fingerprint density at radius 3 is 2.28 bits per heavy atom. The number of rotatable bonds is 7. The Morgan fingerprint density at radius 2 is 1.78 bits per heavy atom. The van der Waals surface area contributed by atoms with Gasteiger partial charge >= 0.3 is 0 Å². The van der Waals surface area contributed by atoms with Crippen LogP contribution in [0.25, 0.3) is 0 Å². The summed E-state index contributed by atoms with van der Waals surface area (Å²) in [5.41, 5.74) is 0. The van der Waals surface area contributed by atoms with Crippen molar-refractivity contribution in [3.8, 4) is 0 Å². The topological polar surface area (TPSA) is 44.4 Å². The Hall–Kier alpha value is -0.610. The van der Waals surface area contributed by atoms with E-state index < -0.39 is 0 Å². The lowest BCUT2D eigenvalue weighted by Gasteiger charge is -2.27. The van der Waals surface area contributed by atoms with E-state index in [1.165, 1.54) is 0 Å². The molecule has 0 aliphatic heterocycles. The van der Waals surface area contributed by atoms with E-state index in [-0.39, 0.29) is 11.8 Å². The molecule has 0 bridgehead atoms. The average molecular weight is 255 g/mol. The number of likely N-dealkylation sites (N-methyl/N-ethyl adjacent to an activating group) is 1. The van der Waals surface area contributed by atoms with Crippen LogP contribution in [-0.4, -0.2) is 50.1 Å². The zero-order valence-electron chi connectivity index (χ0n) is 12.2. The van der Waals surface area contributed by atoms with Crippen LogP contribution in [0.5, 0.6) is 0 Å². The third kappa shape index (κ3) is 4.94. The number of nitrogens with one attached hydrogen (secondary N) is 2. The van der Waals surface area contributed by atoms with Crippen LogP contribution in [0.4, 0.5) is 0 Å². The fourth-order valence-corrected chi connectivity index (χ4v) is 2.67. The molecule has 0 unspecified atom stereocenters. The number of carbonyl (C=O) groups is 1. The van der Waals surface area contributed by atoms with Crippen molar-refractivity contribution in [1.82, 2.24) is 15.5 Å². The predicted molar refractivity (Wildman–Crippen MR) is 75.6 cm³/mol. The molecule has 1 rings (SSSR count). The van der Waals surface area contributed by atoms with Crippen LogP contribution in [0.15, 0.2) is 0 Å². The molecule has 0 heterocycles. The maximum atomic E-state index is 12.0. The number of carbonyl (C=O) groups excluding carboxylic acids is 1. The van der Waals surface area contributed by atoms with Crippen LogP contribution in [-0.2, 0) is 4.79 Å². The third-order valence-electron chi connectivity index (χ3n) is 4.13. The molecule has 1 amide bonds. The molecule has 4 nitrogen and oxygen atoms in total. The van der Waals surface area contributed by atoms with Crippen molar-refractivity contribution < 1.29 is 4.79 Å². The van der Waals surface area contributed by atoms with Gasteiger partial charge in [0.05, 0.1) is 0 Å². The van der Waals surface area contributed by atoms with Crippen LogP contribution < -0.4 is 10.6 Å². The summed E-state index contributed by atoms with van der Waals surface area (Å²) in [4.78, 5) is 14.3. The van der Waals surface area contributed by atoms with Gasteiger partial charge in [0, 0.05) is 25.0 Å². The summed E-state index contributed by atoms with van der Waals surface area (Å²) in [6.07, 6.45) is 4.32. The van der Waals surface area contributed by atoms with Crippen LogP contribution in [0.3, 0.4) is 0 Å². The molecule has 0 aromatic heterocycles. The van der Waals surface area contributed by atoms with Crippen LogP contribution >= 0.6 is 0 Å². The van der Waals surface area contributed by atoms with E-state index in [0.29, 0.717) is 6.04 Å². The van der Waals surface area contributed by atoms with Gasteiger partial charge in [0.1, 0.15) is 0 Å². The van der Waals surface area contributed by atoms with Gasteiger partial charge in [0.15, 0.2) is 0 Å². The van der Waals surface area contributed by atoms with Crippen LogP contribution in [0.1, 0.15) is 39.5 Å². The van der Waals surface area contributed by atoms with Crippen molar-refractivity contribution in [2.75, 3.05) is 33.2 Å². The summed E-state index contributed by atoms with van der Waals surface area (Å²) in [6, 6.07) is 0.615. The fourth-order valence-electron chi connectivity index (χ4n) is 2.67. The first-order valence-electron chi connectivity index (χ1n) is 7.38. The van der Waals surface area contributed by atoms with Gasteiger partial charge < -0.3 is 15.5 Å². The van der Waals surface area contributed by atoms with Crippen molar-refractivity contribution in [2.45, 2.75) is 45.6 Å². The summed E-state index contributed by atoms with van der Waals surface area (Å²) >= 11 is 0. The van der Waals surface area contributed by atoms with Gasteiger partial charge in [-0.05, 0) is 45.8 Å². The van der Waals surface area contributed by atoms with Crippen LogP contribution in [0.2, 0.25) is 0 Å². The SMILES string of the molecule is CCN(CC)CCNC(=O)C1CCC(NC)CC1. The summed E-state index contributed by atoms with van der Waals surface area (Å²) in [5, 5.41) is 6.38. The summed E-state index contributed by atoms with van der Waals surface area (Å²) < 4.78 is 0. The molecular weight excluding hydrogens is 226 g/mol. The lowest BCUT2D eigenvalue weighted by atomic mass is 9.85. The molecule has 0 aromatic carbocycles. The van der Waals surface area contributed by atoms with Crippen molar-refractivity contribution >= 4 is 5.91 Å². The highest BCUT2D eigenvalue weighted by Gasteiger charge is 2.25. The van der Waals surface area contributed by atoms with Gasteiger partial charge in [-0.25, -0.2) is 0 Å². The van der Waals surface area contributed by atoms with Crippen molar-refractivity contribution in [3.05, 3.63) is 0 Å². The van der Waals surface area contributed by atoms with Crippen molar-refractivity contribution in [1.29, 1.82) is 0 Å². The molecular formula is C14H29N3O. The number of hydrogen-bond donors (Lipinski definition) is 2. The van der Waals surface area contributed by atoms with Gasteiger partial charge in [0.25, 0.3) is 0 Å². The molecule has 0 aromatic rings. The van der Waals surface area contributed by atoms with Gasteiger partial charge in [0.2, 0.25) is 5.91 Å². The first-order valence-corrected chi connectivity index (χ1v) is 7.38. The fraction of sp³-hybridized carbons (Fsp3) is 0.929. The Bertz CT molecular complexity index is 233. The Balaban J connectivity index is 2.17. The second kappa shape index (κ2) is 8.48. The zero-order chi connectivity index (χ0) is 13.4. The average Bonchev–Trinajstić information content (AvgIpc) is 2.43. The maximum absolute atomic E-state index is 12.0. The second-order valence-electron chi connectivity index (χ2n) is 5.16. The van der Waals surface area contributed by atoms with E-state index in [9.17, 15) is 4.79 Å². The van der Waals surface area contributed by atoms with E-state index in [1.54, 1.807) is 0 Å². The Morgan fingerprint density at radius 1 is 1.17 bits per heavy atom.